The number of methoxy groups -OCH3 is 1. The summed E-state index contributed by atoms with van der Waals surface area (Å²) in [5, 5.41) is 11.8. The van der Waals surface area contributed by atoms with Crippen molar-refractivity contribution >= 4 is 11.9 Å². The van der Waals surface area contributed by atoms with Crippen molar-refractivity contribution < 1.29 is 19.4 Å². The molecule has 0 spiro atoms. The van der Waals surface area contributed by atoms with E-state index < -0.39 is 12.1 Å². The molecule has 1 unspecified atom stereocenters. The summed E-state index contributed by atoms with van der Waals surface area (Å²) in [6.07, 6.45) is -0.368. The number of hydrogen-bond donors (Lipinski definition) is 2. The fourth-order valence-corrected chi connectivity index (χ4v) is 1.64. The highest BCUT2D eigenvalue weighted by molar-refractivity contribution is 5.78. The zero-order chi connectivity index (χ0) is 14.3. The largest absolute Gasteiger partial charge is 0.467 e. The molecule has 0 saturated heterocycles. The van der Waals surface area contributed by atoms with Crippen LogP contribution in [0.2, 0.25) is 0 Å². The molecule has 1 amide bonds. The summed E-state index contributed by atoms with van der Waals surface area (Å²) in [5.74, 6) is -0.955. The van der Waals surface area contributed by atoms with Crippen LogP contribution >= 0.6 is 0 Å². The Hall–Kier alpha value is -1.88. The lowest BCUT2D eigenvalue weighted by atomic mass is 10.1. The van der Waals surface area contributed by atoms with Gasteiger partial charge in [0.15, 0.2) is 6.10 Å². The van der Waals surface area contributed by atoms with Gasteiger partial charge in [-0.1, -0.05) is 29.8 Å². The third-order valence-electron chi connectivity index (χ3n) is 2.69. The smallest absolute Gasteiger partial charge is 0.336 e. The van der Waals surface area contributed by atoms with Gasteiger partial charge in [0.2, 0.25) is 5.91 Å². The van der Waals surface area contributed by atoms with E-state index in [0.717, 1.165) is 11.1 Å². The van der Waals surface area contributed by atoms with Crippen LogP contribution in [-0.2, 0) is 20.7 Å². The van der Waals surface area contributed by atoms with E-state index in [1.807, 2.05) is 31.2 Å². The molecule has 0 aromatic heterocycles. The van der Waals surface area contributed by atoms with E-state index in [4.69, 9.17) is 0 Å². The SMILES string of the molecule is COC(=O)C(O)CNC(=O)CCc1cccc(C)c1. The normalized spacial score (nSPS) is 11.7. The Morgan fingerprint density at radius 3 is 2.79 bits per heavy atom. The number of nitrogens with one attached hydrogen (secondary N) is 1. The third kappa shape index (κ3) is 5.52. The molecule has 2 N–H and O–H groups in total. The molecule has 0 aliphatic heterocycles. The first kappa shape index (κ1) is 15.2. The lowest BCUT2D eigenvalue weighted by molar-refractivity contribution is -0.150. The monoisotopic (exact) mass is 265 g/mol. The minimum Gasteiger partial charge on any atom is -0.467 e. The molecule has 0 radical (unpaired) electrons. The maximum absolute atomic E-state index is 11.5. The maximum atomic E-state index is 11.5. The Balaban J connectivity index is 2.30. The number of aliphatic hydroxyl groups is 1. The molecule has 1 aromatic carbocycles. The van der Waals surface area contributed by atoms with Crippen molar-refractivity contribution in [2.45, 2.75) is 25.9 Å². The Kier molecular flexibility index (Phi) is 6.02. The van der Waals surface area contributed by atoms with Crippen LogP contribution in [0.25, 0.3) is 0 Å². The van der Waals surface area contributed by atoms with Crippen molar-refractivity contribution in [2.75, 3.05) is 13.7 Å². The second kappa shape index (κ2) is 7.53. The topological polar surface area (TPSA) is 75.6 Å². The Labute approximate surface area is 112 Å². The Bertz CT molecular complexity index is 445. The molecule has 19 heavy (non-hydrogen) atoms. The molecule has 1 aromatic rings. The maximum Gasteiger partial charge on any atom is 0.336 e. The lowest BCUT2D eigenvalue weighted by Gasteiger charge is -2.09. The summed E-state index contributed by atoms with van der Waals surface area (Å²) >= 11 is 0. The minimum atomic E-state index is -1.31. The van der Waals surface area contributed by atoms with Crippen LogP contribution in [0.4, 0.5) is 0 Å². The molecule has 1 rings (SSSR count). The summed E-state index contributed by atoms with van der Waals surface area (Å²) in [6.45, 7) is 1.87. The van der Waals surface area contributed by atoms with E-state index in [1.54, 1.807) is 0 Å². The number of esters is 1. The first-order valence-electron chi connectivity index (χ1n) is 6.11. The quantitative estimate of drug-likeness (QED) is 0.738. The van der Waals surface area contributed by atoms with Crippen molar-refractivity contribution in [2.24, 2.45) is 0 Å². The van der Waals surface area contributed by atoms with Crippen LogP contribution in [0.5, 0.6) is 0 Å². The second-order valence-electron chi connectivity index (χ2n) is 4.33. The summed E-state index contributed by atoms with van der Waals surface area (Å²) in [6, 6.07) is 7.93. The molecule has 0 fully saturated rings. The van der Waals surface area contributed by atoms with Gasteiger partial charge in [-0.3, -0.25) is 4.79 Å². The van der Waals surface area contributed by atoms with Gasteiger partial charge in [0, 0.05) is 6.42 Å². The number of aryl methyl sites for hydroxylation is 2. The minimum absolute atomic E-state index is 0.126. The van der Waals surface area contributed by atoms with Crippen LogP contribution in [0, 0.1) is 6.92 Å². The number of amides is 1. The zero-order valence-corrected chi connectivity index (χ0v) is 11.2. The number of carbonyl (C=O) groups is 2. The standard InChI is InChI=1S/C14H19NO4/c1-10-4-3-5-11(8-10)6-7-13(17)15-9-12(16)14(18)19-2/h3-5,8,12,16H,6-7,9H2,1-2H3,(H,15,17). The zero-order valence-electron chi connectivity index (χ0n) is 11.2. The van der Waals surface area contributed by atoms with Crippen LogP contribution in [0.15, 0.2) is 24.3 Å². The molecular weight excluding hydrogens is 246 g/mol. The fourth-order valence-electron chi connectivity index (χ4n) is 1.64. The molecule has 0 saturated carbocycles. The van der Waals surface area contributed by atoms with Crippen LogP contribution in [0.1, 0.15) is 17.5 Å². The molecular formula is C14H19NO4. The highest BCUT2D eigenvalue weighted by Crippen LogP contribution is 2.06. The van der Waals surface area contributed by atoms with E-state index in [-0.39, 0.29) is 12.5 Å². The molecule has 0 heterocycles. The fraction of sp³-hybridized carbons (Fsp3) is 0.429. The summed E-state index contributed by atoms with van der Waals surface area (Å²) < 4.78 is 4.35. The summed E-state index contributed by atoms with van der Waals surface area (Å²) in [5.41, 5.74) is 2.24. The van der Waals surface area contributed by atoms with Gasteiger partial charge in [-0.2, -0.15) is 0 Å². The number of ether oxygens (including phenoxy) is 1. The van der Waals surface area contributed by atoms with E-state index >= 15 is 0 Å². The van der Waals surface area contributed by atoms with Crippen molar-refractivity contribution in [3.05, 3.63) is 35.4 Å². The predicted octanol–water partition coefficient (Wildman–Crippen LogP) is 0.578. The van der Waals surface area contributed by atoms with E-state index in [9.17, 15) is 14.7 Å². The van der Waals surface area contributed by atoms with E-state index in [1.165, 1.54) is 7.11 Å². The van der Waals surface area contributed by atoms with Gasteiger partial charge in [0.25, 0.3) is 0 Å². The number of rotatable bonds is 6. The van der Waals surface area contributed by atoms with Crippen LogP contribution < -0.4 is 5.32 Å². The summed E-state index contributed by atoms with van der Waals surface area (Å²) in [4.78, 5) is 22.5. The van der Waals surface area contributed by atoms with Gasteiger partial charge in [0.1, 0.15) is 0 Å². The lowest BCUT2D eigenvalue weighted by Crippen LogP contribution is -2.37. The van der Waals surface area contributed by atoms with Gasteiger partial charge in [-0.25, -0.2) is 4.79 Å². The van der Waals surface area contributed by atoms with E-state index in [0.29, 0.717) is 12.8 Å². The average Bonchev–Trinajstić information content (AvgIpc) is 2.41. The van der Waals surface area contributed by atoms with E-state index in [2.05, 4.69) is 10.1 Å². The van der Waals surface area contributed by atoms with Crippen LogP contribution in [0.3, 0.4) is 0 Å². The molecule has 104 valence electrons. The Morgan fingerprint density at radius 1 is 1.42 bits per heavy atom. The van der Waals surface area contributed by atoms with Gasteiger partial charge >= 0.3 is 5.97 Å². The van der Waals surface area contributed by atoms with Crippen LogP contribution in [-0.4, -0.2) is 36.7 Å². The highest BCUT2D eigenvalue weighted by atomic mass is 16.5. The number of carbonyl (C=O) groups excluding carboxylic acids is 2. The molecule has 0 bridgehead atoms. The number of benzene rings is 1. The average molecular weight is 265 g/mol. The van der Waals surface area contributed by atoms with Gasteiger partial charge < -0.3 is 15.2 Å². The molecule has 5 heteroatoms. The number of aliphatic hydroxyl groups excluding tert-OH is 1. The first-order chi connectivity index (χ1) is 9.02. The Morgan fingerprint density at radius 2 is 2.16 bits per heavy atom. The third-order valence-corrected chi connectivity index (χ3v) is 2.69. The molecule has 0 aliphatic carbocycles. The highest BCUT2D eigenvalue weighted by Gasteiger charge is 2.15. The van der Waals surface area contributed by atoms with Crippen molar-refractivity contribution in [1.82, 2.24) is 5.32 Å². The predicted molar refractivity (Wildman–Crippen MR) is 70.5 cm³/mol. The number of hydrogen-bond acceptors (Lipinski definition) is 4. The van der Waals surface area contributed by atoms with Gasteiger partial charge in [-0.15, -0.1) is 0 Å². The van der Waals surface area contributed by atoms with Crippen molar-refractivity contribution in [1.29, 1.82) is 0 Å². The molecule has 1 atom stereocenters. The van der Waals surface area contributed by atoms with Gasteiger partial charge in [0.05, 0.1) is 13.7 Å². The second-order valence-corrected chi connectivity index (χ2v) is 4.33. The van der Waals surface area contributed by atoms with Gasteiger partial charge in [-0.05, 0) is 18.9 Å². The van der Waals surface area contributed by atoms with Crippen molar-refractivity contribution in [3.63, 3.8) is 0 Å². The molecule has 5 nitrogen and oxygen atoms in total. The van der Waals surface area contributed by atoms with Crippen molar-refractivity contribution in [3.8, 4) is 0 Å². The summed E-state index contributed by atoms with van der Waals surface area (Å²) in [7, 11) is 1.19. The molecule has 0 aliphatic rings. The first-order valence-corrected chi connectivity index (χ1v) is 6.11.